The minimum absolute atomic E-state index is 0.137. The lowest BCUT2D eigenvalue weighted by Gasteiger charge is -2.25. The van der Waals surface area contributed by atoms with Gasteiger partial charge in [0, 0.05) is 10.7 Å². The number of fused-ring (bicyclic) bond motifs is 1. The van der Waals surface area contributed by atoms with Crippen LogP contribution in [0.3, 0.4) is 0 Å². The van der Waals surface area contributed by atoms with Crippen molar-refractivity contribution in [2.45, 2.75) is 32.4 Å². The normalized spacial score (nSPS) is 12.8. The van der Waals surface area contributed by atoms with E-state index in [-0.39, 0.29) is 11.0 Å². The molecule has 2 aromatic carbocycles. The predicted molar refractivity (Wildman–Crippen MR) is 112 cm³/mol. The van der Waals surface area contributed by atoms with Gasteiger partial charge in [0.15, 0.2) is 11.3 Å². The third-order valence-corrected chi connectivity index (χ3v) is 4.81. The maximum Gasteiger partial charge on any atom is 0.198 e. The van der Waals surface area contributed by atoms with Crippen molar-refractivity contribution in [1.82, 2.24) is 20.2 Å². The van der Waals surface area contributed by atoms with E-state index >= 15 is 0 Å². The summed E-state index contributed by atoms with van der Waals surface area (Å²) in [5.41, 5.74) is 1.20. The predicted octanol–water partition coefficient (Wildman–Crippen LogP) is 4.39. The van der Waals surface area contributed by atoms with Crippen molar-refractivity contribution in [2.24, 2.45) is 0 Å². The smallest absolute Gasteiger partial charge is 0.198 e. The number of benzene rings is 2. The van der Waals surface area contributed by atoms with Gasteiger partial charge in [0.1, 0.15) is 17.9 Å². The van der Waals surface area contributed by atoms with Crippen molar-refractivity contribution in [1.29, 1.82) is 0 Å². The summed E-state index contributed by atoms with van der Waals surface area (Å²) in [6, 6.07) is 13.8. The molecule has 0 fully saturated rings. The quantitative estimate of drug-likeness (QED) is 0.538. The van der Waals surface area contributed by atoms with Crippen molar-refractivity contribution >= 4 is 28.3 Å². The van der Waals surface area contributed by atoms with Gasteiger partial charge in [0.25, 0.3) is 0 Å². The van der Waals surface area contributed by atoms with E-state index < -0.39 is 6.04 Å². The van der Waals surface area contributed by atoms with E-state index in [0.717, 1.165) is 5.69 Å². The number of hydrogen-bond acceptors (Lipinski definition) is 6. The van der Waals surface area contributed by atoms with Crippen LogP contribution in [0, 0.1) is 0 Å². The second-order valence-electron chi connectivity index (χ2n) is 7.72. The first-order valence-electron chi connectivity index (χ1n) is 9.16. The van der Waals surface area contributed by atoms with Crippen LogP contribution in [0.4, 0.5) is 5.69 Å². The fourth-order valence-corrected chi connectivity index (χ4v) is 3.26. The van der Waals surface area contributed by atoms with Gasteiger partial charge in [-0.15, -0.1) is 5.10 Å². The zero-order chi connectivity index (χ0) is 20.6. The topological polar surface area (TPSA) is 85.8 Å². The molecule has 0 radical (unpaired) electrons. The molecule has 148 valence electrons. The molecule has 7 nitrogen and oxygen atoms in total. The first-order valence-corrected chi connectivity index (χ1v) is 9.54. The SMILES string of the molecule is CC(C)(C)n1nnnc1C(Nc1ccc(Cl)cc1)c1coc2ccccc2c1=O. The Kier molecular flexibility index (Phi) is 4.84. The molecule has 8 heteroatoms. The molecule has 0 aliphatic rings. The number of para-hydroxylation sites is 1. The van der Waals surface area contributed by atoms with Crippen LogP contribution in [-0.2, 0) is 5.54 Å². The molecule has 0 bridgehead atoms. The van der Waals surface area contributed by atoms with E-state index in [9.17, 15) is 4.79 Å². The Balaban J connectivity index is 1.89. The highest BCUT2D eigenvalue weighted by Crippen LogP contribution is 2.28. The molecule has 4 aromatic rings. The van der Waals surface area contributed by atoms with Gasteiger partial charge in [0.05, 0.1) is 16.5 Å². The molecule has 0 amide bonds. The summed E-state index contributed by atoms with van der Waals surface area (Å²) in [6.07, 6.45) is 1.47. The number of aromatic nitrogens is 4. The van der Waals surface area contributed by atoms with Gasteiger partial charge >= 0.3 is 0 Å². The largest absolute Gasteiger partial charge is 0.464 e. The Morgan fingerprint density at radius 2 is 1.83 bits per heavy atom. The number of tetrazole rings is 1. The van der Waals surface area contributed by atoms with Crippen molar-refractivity contribution in [3.63, 3.8) is 0 Å². The van der Waals surface area contributed by atoms with E-state index in [2.05, 4.69) is 20.8 Å². The Hall–Kier alpha value is -3.19. The monoisotopic (exact) mass is 409 g/mol. The molecule has 2 heterocycles. The van der Waals surface area contributed by atoms with E-state index in [0.29, 0.717) is 27.4 Å². The Morgan fingerprint density at radius 3 is 2.55 bits per heavy atom. The summed E-state index contributed by atoms with van der Waals surface area (Å²) in [4.78, 5) is 13.3. The highest BCUT2D eigenvalue weighted by molar-refractivity contribution is 6.30. The van der Waals surface area contributed by atoms with E-state index in [4.69, 9.17) is 16.0 Å². The fraction of sp³-hybridized carbons (Fsp3) is 0.238. The van der Waals surface area contributed by atoms with Gasteiger partial charge in [0.2, 0.25) is 0 Å². The Labute approximate surface area is 172 Å². The van der Waals surface area contributed by atoms with Crippen LogP contribution in [0.15, 0.2) is 64.0 Å². The lowest BCUT2D eigenvalue weighted by atomic mass is 10.0. The van der Waals surface area contributed by atoms with Gasteiger partial charge in [-0.2, -0.15) is 0 Å². The molecule has 1 unspecified atom stereocenters. The molecular formula is C21H20ClN5O2. The molecule has 0 saturated heterocycles. The van der Waals surface area contributed by atoms with Gasteiger partial charge in [-0.25, -0.2) is 4.68 Å². The molecule has 0 aliphatic heterocycles. The minimum Gasteiger partial charge on any atom is -0.464 e. The summed E-state index contributed by atoms with van der Waals surface area (Å²) in [5.74, 6) is 0.509. The first-order chi connectivity index (χ1) is 13.8. The number of rotatable bonds is 4. The van der Waals surface area contributed by atoms with Crippen LogP contribution in [0.25, 0.3) is 11.0 Å². The van der Waals surface area contributed by atoms with Crippen LogP contribution >= 0.6 is 11.6 Å². The third kappa shape index (κ3) is 3.73. The molecule has 29 heavy (non-hydrogen) atoms. The molecule has 4 rings (SSSR count). The zero-order valence-electron chi connectivity index (χ0n) is 16.3. The zero-order valence-corrected chi connectivity index (χ0v) is 17.0. The Bertz CT molecular complexity index is 1210. The van der Waals surface area contributed by atoms with Gasteiger partial charge < -0.3 is 9.73 Å². The highest BCUT2D eigenvalue weighted by atomic mass is 35.5. The average Bonchev–Trinajstić information content (AvgIpc) is 3.19. The maximum absolute atomic E-state index is 13.3. The number of nitrogens with zero attached hydrogens (tertiary/aromatic N) is 4. The number of hydrogen-bond donors (Lipinski definition) is 1. The second-order valence-corrected chi connectivity index (χ2v) is 8.16. The van der Waals surface area contributed by atoms with Crippen LogP contribution < -0.4 is 10.7 Å². The van der Waals surface area contributed by atoms with E-state index in [1.807, 2.05) is 45.0 Å². The maximum atomic E-state index is 13.3. The van der Waals surface area contributed by atoms with Crippen molar-refractivity contribution in [3.8, 4) is 0 Å². The fourth-order valence-electron chi connectivity index (χ4n) is 3.14. The molecule has 0 spiro atoms. The first kappa shape index (κ1) is 19.1. The lowest BCUT2D eigenvalue weighted by Crippen LogP contribution is -2.31. The standard InChI is InChI=1S/C21H20ClN5O2/c1-21(2,3)27-20(24-25-26-27)18(23-14-10-8-13(22)9-11-14)16-12-29-17-7-5-4-6-15(17)19(16)28/h4-12,18,23H,1-3H3. The molecule has 0 aliphatic carbocycles. The van der Waals surface area contributed by atoms with Crippen LogP contribution in [0.5, 0.6) is 0 Å². The Morgan fingerprint density at radius 1 is 1.10 bits per heavy atom. The molecule has 1 N–H and O–H groups in total. The van der Waals surface area contributed by atoms with Crippen molar-refractivity contribution < 1.29 is 4.42 Å². The average molecular weight is 410 g/mol. The summed E-state index contributed by atoms with van der Waals surface area (Å²) >= 11 is 6.01. The van der Waals surface area contributed by atoms with E-state index in [1.165, 1.54) is 6.26 Å². The van der Waals surface area contributed by atoms with Crippen LogP contribution in [0.1, 0.15) is 38.2 Å². The van der Waals surface area contributed by atoms with Gasteiger partial charge in [-0.3, -0.25) is 4.79 Å². The van der Waals surface area contributed by atoms with Gasteiger partial charge in [-0.1, -0.05) is 23.7 Å². The molecule has 2 aromatic heterocycles. The number of halogens is 1. The summed E-state index contributed by atoms with van der Waals surface area (Å²) < 4.78 is 7.45. The van der Waals surface area contributed by atoms with Crippen LogP contribution in [-0.4, -0.2) is 20.2 Å². The number of nitrogens with one attached hydrogen (secondary N) is 1. The lowest BCUT2D eigenvalue weighted by molar-refractivity contribution is 0.332. The minimum atomic E-state index is -0.619. The second kappa shape index (κ2) is 7.33. The summed E-state index contributed by atoms with van der Waals surface area (Å²) in [7, 11) is 0. The number of anilines is 1. The summed E-state index contributed by atoms with van der Waals surface area (Å²) in [5, 5.41) is 16.7. The summed E-state index contributed by atoms with van der Waals surface area (Å²) in [6.45, 7) is 5.99. The van der Waals surface area contributed by atoms with Gasteiger partial charge in [-0.05, 0) is 67.6 Å². The molecular weight excluding hydrogens is 390 g/mol. The third-order valence-electron chi connectivity index (χ3n) is 4.56. The molecule has 0 saturated carbocycles. The molecule has 1 atom stereocenters. The van der Waals surface area contributed by atoms with Crippen molar-refractivity contribution in [3.05, 3.63) is 81.4 Å². The van der Waals surface area contributed by atoms with E-state index in [1.54, 1.807) is 28.9 Å². The van der Waals surface area contributed by atoms with Crippen molar-refractivity contribution in [2.75, 3.05) is 5.32 Å². The van der Waals surface area contributed by atoms with Crippen LogP contribution in [0.2, 0.25) is 5.02 Å². The highest BCUT2D eigenvalue weighted by Gasteiger charge is 2.29.